The topological polar surface area (TPSA) is 60.8 Å². The molecule has 2 N–H and O–H groups in total. The summed E-state index contributed by atoms with van der Waals surface area (Å²) in [5.74, 6) is 0. The van der Waals surface area contributed by atoms with Crippen molar-refractivity contribution in [1.82, 2.24) is 4.90 Å². The molecule has 2 rings (SSSR count). The van der Waals surface area contributed by atoms with Crippen molar-refractivity contribution in [3.8, 4) is 0 Å². The molecular formula is C11H14NO3S2+. The molecule has 92 valence electrons. The Bertz CT molecular complexity index is 578. The van der Waals surface area contributed by atoms with Crippen LogP contribution in [0.4, 0.5) is 0 Å². The molecule has 0 saturated heterocycles. The fraction of sp³-hybridized carbons (Fsp3) is 0.273. The number of benzene rings is 1. The summed E-state index contributed by atoms with van der Waals surface area (Å²) in [5, 5.41) is -0.302. The van der Waals surface area contributed by atoms with Gasteiger partial charge in [-0.15, -0.1) is 0 Å². The van der Waals surface area contributed by atoms with Crippen LogP contribution < -0.4 is 0 Å². The van der Waals surface area contributed by atoms with Crippen LogP contribution in [-0.4, -0.2) is 32.3 Å². The predicted octanol–water partition coefficient (Wildman–Crippen LogP) is 1.87. The molecular weight excluding hydrogens is 258 g/mol. The molecule has 1 aliphatic rings. The Kier molecular flexibility index (Phi) is 3.22. The van der Waals surface area contributed by atoms with Crippen LogP contribution in [-0.2, 0) is 19.4 Å². The van der Waals surface area contributed by atoms with E-state index in [0.717, 1.165) is 16.8 Å². The van der Waals surface area contributed by atoms with Crippen molar-refractivity contribution < 1.29 is 13.3 Å². The summed E-state index contributed by atoms with van der Waals surface area (Å²) in [5.41, 5.74) is 2.89. The minimum absolute atomic E-state index is 0.302. The maximum Gasteiger partial charge on any atom is 0.431 e. The van der Waals surface area contributed by atoms with Gasteiger partial charge in [-0.05, 0) is 11.6 Å². The maximum absolute atomic E-state index is 11.1. The second kappa shape index (κ2) is 4.38. The third-order valence-electron chi connectivity index (χ3n) is 2.59. The number of hydrogen-bond acceptors (Lipinski definition) is 2. The van der Waals surface area contributed by atoms with Gasteiger partial charge in [0.2, 0.25) is 0 Å². The highest BCUT2D eigenvalue weighted by Crippen LogP contribution is 2.37. The van der Waals surface area contributed by atoms with E-state index in [2.05, 4.69) is 0 Å². The average molecular weight is 272 g/mol. The van der Waals surface area contributed by atoms with Gasteiger partial charge in [0.25, 0.3) is 5.25 Å². The highest BCUT2D eigenvalue weighted by Gasteiger charge is 2.37. The smallest absolute Gasteiger partial charge is 0.376 e. The summed E-state index contributed by atoms with van der Waals surface area (Å²) in [6, 6.07) is 7.67. The maximum atomic E-state index is 11.1. The summed E-state index contributed by atoms with van der Waals surface area (Å²) < 4.78 is 29.4. The Morgan fingerprint density at radius 1 is 1.29 bits per heavy atom. The van der Waals surface area contributed by atoms with E-state index in [9.17, 15) is 4.21 Å². The van der Waals surface area contributed by atoms with E-state index >= 15 is 0 Å². The second-order valence-corrected chi connectivity index (χ2v) is 7.46. The van der Waals surface area contributed by atoms with Gasteiger partial charge in [0.1, 0.15) is 0 Å². The van der Waals surface area contributed by atoms with Crippen LogP contribution in [0.3, 0.4) is 0 Å². The predicted molar refractivity (Wildman–Crippen MR) is 71.6 cm³/mol. The van der Waals surface area contributed by atoms with E-state index in [1.54, 1.807) is 0 Å². The van der Waals surface area contributed by atoms with E-state index in [-0.39, 0.29) is 5.25 Å². The summed E-state index contributed by atoms with van der Waals surface area (Å²) in [6.45, 7) is 0. The Balaban J connectivity index is 2.56. The third kappa shape index (κ3) is 2.66. The monoisotopic (exact) mass is 272 g/mol. The lowest BCUT2D eigenvalue weighted by molar-refractivity contribution is 0.449. The standard InChI is InChI=1S/C11H13NO3S2/c1-12(2)10-7-8-5-3-4-6-9(8)11(10)16-17(13,14)15/h3-7,11H,1-2H3,(H-,13,14,15)/p+1. The largest absolute Gasteiger partial charge is 0.431 e. The molecule has 1 aromatic rings. The summed E-state index contributed by atoms with van der Waals surface area (Å²) in [6.07, 6.45) is 1.97. The Labute approximate surface area is 104 Å². The van der Waals surface area contributed by atoms with E-state index < -0.39 is 9.05 Å². The molecule has 17 heavy (non-hydrogen) atoms. The molecule has 6 heteroatoms. The zero-order valence-electron chi connectivity index (χ0n) is 9.53. The fourth-order valence-corrected chi connectivity index (χ4v) is 4.17. The lowest BCUT2D eigenvalue weighted by Crippen LogP contribution is -2.16. The molecule has 0 bridgehead atoms. The molecule has 4 nitrogen and oxygen atoms in total. The first kappa shape index (κ1) is 12.5. The highest BCUT2D eigenvalue weighted by molar-refractivity contribution is 8.34. The molecule has 0 amide bonds. The first-order valence-electron chi connectivity index (χ1n) is 5.03. The summed E-state index contributed by atoms with van der Waals surface area (Å²) in [7, 11) is 0.609. The molecule has 0 heterocycles. The highest BCUT2D eigenvalue weighted by atomic mass is 32.9. The van der Waals surface area contributed by atoms with E-state index in [4.69, 9.17) is 9.11 Å². The lowest BCUT2D eigenvalue weighted by atomic mass is 10.1. The van der Waals surface area contributed by atoms with Gasteiger partial charge in [0.15, 0.2) is 0 Å². The van der Waals surface area contributed by atoms with Gasteiger partial charge in [-0.3, -0.25) is 9.11 Å². The van der Waals surface area contributed by atoms with Gasteiger partial charge < -0.3 is 4.90 Å². The van der Waals surface area contributed by atoms with Crippen molar-refractivity contribution in [1.29, 1.82) is 0 Å². The van der Waals surface area contributed by atoms with Crippen LogP contribution in [0.2, 0.25) is 0 Å². The van der Waals surface area contributed by atoms with Crippen LogP contribution in [0, 0.1) is 0 Å². The Morgan fingerprint density at radius 3 is 2.53 bits per heavy atom. The zero-order valence-corrected chi connectivity index (χ0v) is 11.2. The molecule has 0 saturated carbocycles. The SMILES string of the molecule is CN(C)C1=Cc2ccccc2C1[S+]=S(=O)(O)O. The van der Waals surface area contributed by atoms with Crippen LogP contribution in [0.1, 0.15) is 16.4 Å². The molecule has 1 unspecified atom stereocenters. The normalized spacial score (nSPS) is 18.6. The fourth-order valence-electron chi connectivity index (χ4n) is 1.87. The van der Waals surface area contributed by atoms with Gasteiger partial charge in [-0.1, -0.05) is 24.3 Å². The van der Waals surface area contributed by atoms with Crippen molar-refractivity contribution in [2.75, 3.05) is 14.1 Å². The quantitative estimate of drug-likeness (QED) is 0.807. The molecule has 0 aromatic heterocycles. The third-order valence-corrected chi connectivity index (χ3v) is 4.86. The zero-order chi connectivity index (χ0) is 12.6. The number of rotatable bonds is 2. The molecule has 0 fully saturated rings. The van der Waals surface area contributed by atoms with Crippen LogP contribution in [0.15, 0.2) is 30.0 Å². The molecule has 1 aromatic carbocycles. The number of fused-ring (bicyclic) bond motifs is 1. The second-order valence-electron chi connectivity index (χ2n) is 4.02. The van der Waals surface area contributed by atoms with Crippen LogP contribution >= 0.6 is 0 Å². The number of likely N-dealkylation sites (N-methyl/N-ethyl adjacent to an activating group) is 1. The first-order chi connectivity index (χ1) is 7.88. The van der Waals surface area contributed by atoms with E-state index in [1.165, 1.54) is 0 Å². The van der Waals surface area contributed by atoms with Crippen molar-refractivity contribution in [2.45, 2.75) is 5.25 Å². The van der Waals surface area contributed by atoms with Crippen molar-refractivity contribution in [3.05, 3.63) is 41.1 Å². The molecule has 0 aliphatic heterocycles. The Hall–Kier alpha value is -0.950. The molecule has 0 spiro atoms. The van der Waals surface area contributed by atoms with Gasteiger partial charge in [-0.25, -0.2) is 0 Å². The van der Waals surface area contributed by atoms with Crippen molar-refractivity contribution in [2.24, 2.45) is 0 Å². The first-order valence-corrected chi connectivity index (χ1v) is 7.90. The molecule has 1 aliphatic carbocycles. The van der Waals surface area contributed by atoms with E-state index in [1.807, 2.05) is 49.3 Å². The lowest BCUT2D eigenvalue weighted by Gasteiger charge is -2.13. The Morgan fingerprint density at radius 2 is 1.94 bits per heavy atom. The van der Waals surface area contributed by atoms with Crippen molar-refractivity contribution >= 4 is 25.5 Å². The van der Waals surface area contributed by atoms with Gasteiger partial charge >= 0.3 is 19.4 Å². The number of hydrogen-bond donors (Lipinski definition) is 2. The van der Waals surface area contributed by atoms with Gasteiger partial charge in [-0.2, -0.15) is 4.21 Å². The molecule has 0 radical (unpaired) electrons. The van der Waals surface area contributed by atoms with E-state index in [0.29, 0.717) is 10.3 Å². The van der Waals surface area contributed by atoms with Crippen molar-refractivity contribution in [3.63, 3.8) is 0 Å². The summed E-state index contributed by atoms with van der Waals surface area (Å²) in [4.78, 5) is 1.89. The van der Waals surface area contributed by atoms with Crippen LogP contribution in [0.25, 0.3) is 6.08 Å². The number of nitrogens with zero attached hydrogens (tertiary/aromatic N) is 1. The minimum Gasteiger partial charge on any atom is -0.376 e. The molecule has 1 atom stereocenters. The van der Waals surface area contributed by atoms with Gasteiger partial charge in [0.05, 0.1) is 5.70 Å². The minimum atomic E-state index is -3.82. The van der Waals surface area contributed by atoms with Crippen LogP contribution in [0.5, 0.6) is 0 Å². The average Bonchev–Trinajstić information content (AvgIpc) is 2.55. The van der Waals surface area contributed by atoms with Gasteiger partial charge in [0, 0.05) is 19.7 Å². The summed E-state index contributed by atoms with van der Waals surface area (Å²) >= 11 is 0.